The minimum atomic E-state index is -1.16. The molecule has 0 unspecified atom stereocenters. The standard InChI is InChI=1S/C31H34F4O2/c1-3-5-7-8-9-10-18-37-27-16-14-23(30(34)31(27)35)22-12-11-20-21-13-15-26(36-17-6-4-2)29(33)25(21)19-24(20)28(22)32/h11-16H,3-10,17-19H2,1-2H3. The van der Waals surface area contributed by atoms with Crippen molar-refractivity contribution in [2.75, 3.05) is 13.2 Å². The first-order valence-electron chi connectivity index (χ1n) is 13.3. The van der Waals surface area contributed by atoms with E-state index in [2.05, 4.69) is 6.92 Å². The summed E-state index contributed by atoms with van der Waals surface area (Å²) in [6.07, 6.45) is 8.08. The van der Waals surface area contributed by atoms with E-state index in [0.29, 0.717) is 29.9 Å². The van der Waals surface area contributed by atoms with Crippen molar-refractivity contribution in [3.63, 3.8) is 0 Å². The largest absolute Gasteiger partial charge is 0.491 e. The lowest BCUT2D eigenvalue weighted by atomic mass is 9.97. The van der Waals surface area contributed by atoms with E-state index in [1.165, 1.54) is 24.6 Å². The highest BCUT2D eigenvalue weighted by molar-refractivity contribution is 5.81. The van der Waals surface area contributed by atoms with E-state index >= 15 is 13.2 Å². The van der Waals surface area contributed by atoms with Crippen LogP contribution in [0.15, 0.2) is 36.4 Å². The molecule has 0 bridgehead atoms. The summed E-state index contributed by atoms with van der Waals surface area (Å²) in [4.78, 5) is 0. The molecule has 2 nitrogen and oxygen atoms in total. The average molecular weight is 515 g/mol. The van der Waals surface area contributed by atoms with Gasteiger partial charge in [0.05, 0.1) is 13.2 Å². The SMILES string of the molecule is CCCCCCCCOc1ccc(-c2ccc3c(c2F)Cc2c-3ccc(OCCCC)c2F)c(F)c1F. The molecule has 4 rings (SSSR count). The second-order valence-electron chi connectivity index (χ2n) is 9.59. The van der Waals surface area contributed by atoms with Gasteiger partial charge in [-0.1, -0.05) is 70.6 Å². The van der Waals surface area contributed by atoms with Crippen LogP contribution in [0.4, 0.5) is 17.6 Å². The summed E-state index contributed by atoms with van der Waals surface area (Å²) in [6.45, 7) is 4.87. The van der Waals surface area contributed by atoms with Gasteiger partial charge < -0.3 is 9.47 Å². The lowest BCUT2D eigenvalue weighted by Crippen LogP contribution is -2.02. The second-order valence-corrected chi connectivity index (χ2v) is 9.59. The lowest BCUT2D eigenvalue weighted by Gasteiger charge is -2.13. The van der Waals surface area contributed by atoms with Crippen molar-refractivity contribution in [3.05, 3.63) is 70.8 Å². The van der Waals surface area contributed by atoms with Crippen LogP contribution in [0.2, 0.25) is 0 Å². The minimum absolute atomic E-state index is 0.0186. The van der Waals surface area contributed by atoms with E-state index in [9.17, 15) is 4.39 Å². The zero-order valence-electron chi connectivity index (χ0n) is 21.6. The smallest absolute Gasteiger partial charge is 0.201 e. The van der Waals surface area contributed by atoms with Gasteiger partial charge in [-0.25, -0.2) is 13.2 Å². The highest BCUT2D eigenvalue weighted by atomic mass is 19.2. The average Bonchev–Trinajstić information content (AvgIpc) is 3.28. The Hall–Kier alpha value is -3.02. The second kappa shape index (κ2) is 12.5. The molecule has 1 aliphatic rings. The monoisotopic (exact) mass is 514 g/mol. The van der Waals surface area contributed by atoms with Gasteiger partial charge in [-0.15, -0.1) is 0 Å². The van der Waals surface area contributed by atoms with Gasteiger partial charge >= 0.3 is 0 Å². The summed E-state index contributed by atoms with van der Waals surface area (Å²) in [6, 6.07) is 9.01. The molecule has 0 saturated carbocycles. The predicted octanol–water partition coefficient (Wildman–Crippen LogP) is 9.40. The van der Waals surface area contributed by atoms with Crippen LogP contribution in [-0.4, -0.2) is 13.2 Å². The van der Waals surface area contributed by atoms with E-state index in [0.717, 1.165) is 44.9 Å². The van der Waals surface area contributed by atoms with Gasteiger partial charge in [-0.2, -0.15) is 4.39 Å². The predicted molar refractivity (Wildman–Crippen MR) is 139 cm³/mol. The summed E-state index contributed by atoms with van der Waals surface area (Å²) >= 11 is 0. The third-order valence-electron chi connectivity index (χ3n) is 6.94. The molecular formula is C31H34F4O2. The molecule has 6 heteroatoms. The number of ether oxygens (including phenoxy) is 2. The lowest BCUT2D eigenvalue weighted by molar-refractivity contribution is 0.285. The van der Waals surface area contributed by atoms with Crippen LogP contribution in [0.25, 0.3) is 22.3 Å². The molecule has 0 saturated heterocycles. The van der Waals surface area contributed by atoms with E-state index < -0.39 is 23.3 Å². The summed E-state index contributed by atoms with van der Waals surface area (Å²) < 4.78 is 71.6. The van der Waals surface area contributed by atoms with Crippen molar-refractivity contribution in [3.8, 4) is 33.8 Å². The molecule has 0 spiro atoms. The number of hydrogen-bond donors (Lipinski definition) is 0. The van der Waals surface area contributed by atoms with Crippen LogP contribution < -0.4 is 9.47 Å². The fraction of sp³-hybridized carbons (Fsp3) is 0.419. The van der Waals surface area contributed by atoms with Crippen molar-refractivity contribution in [1.82, 2.24) is 0 Å². The maximum atomic E-state index is 15.6. The van der Waals surface area contributed by atoms with E-state index in [1.54, 1.807) is 18.2 Å². The Labute approximate surface area is 216 Å². The minimum Gasteiger partial charge on any atom is -0.491 e. The van der Waals surface area contributed by atoms with E-state index in [4.69, 9.17) is 9.47 Å². The first kappa shape index (κ1) is 27.0. The van der Waals surface area contributed by atoms with Crippen molar-refractivity contribution in [2.45, 2.75) is 71.6 Å². The van der Waals surface area contributed by atoms with Crippen molar-refractivity contribution in [2.24, 2.45) is 0 Å². The van der Waals surface area contributed by atoms with Gasteiger partial charge in [0.15, 0.2) is 23.1 Å². The number of fused-ring (bicyclic) bond motifs is 3. The third-order valence-corrected chi connectivity index (χ3v) is 6.94. The first-order valence-corrected chi connectivity index (χ1v) is 13.3. The highest BCUT2D eigenvalue weighted by Crippen LogP contribution is 2.44. The molecule has 0 N–H and O–H groups in total. The zero-order chi connectivity index (χ0) is 26.4. The van der Waals surface area contributed by atoms with Crippen molar-refractivity contribution in [1.29, 1.82) is 0 Å². The van der Waals surface area contributed by atoms with Gasteiger partial charge in [-0.3, -0.25) is 0 Å². The number of hydrogen-bond acceptors (Lipinski definition) is 2. The fourth-order valence-electron chi connectivity index (χ4n) is 4.81. The normalized spacial score (nSPS) is 11.9. The molecule has 1 aliphatic carbocycles. The molecule has 0 heterocycles. The zero-order valence-corrected chi connectivity index (χ0v) is 21.6. The molecule has 198 valence electrons. The Bertz CT molecular complexity index is 1240. The number of rotatable bonds is 13. The summed E-state index contributed by atoms with van der Waals surface area (Å²) in [5.74, 6) is -3.51. The maximum Gasteiger partial charge on any atom is 0.201 e. The topological polar surface area (TPSA) is 18.5 Å². The Balaban J connectivity index is 1.51. The Morgan fingerprint density at radius 1 is 0.514 bits per heavy atom. The summed E-state index contributed by atoms with van der Waals surface area (Å²) in [5.41, 5.74) is 1.50. The number of benzene rings is 3. The van der Waals surface area contributed by atoms with Gasteiger partial charge in [0, 0.05) is 28.7 Å². The molecular weight excluding hydrogens is 480 g/mol. The van der Waals surface area contributed by atoms with Gasteiger partial charge in [0.25, 0.3) is 0 Å². The Kier molecular flexibility index (Phi) is 9.12. The number of halogens is 4. The summed E-state index contributed by atoms with van der Waals surface area (Å²) in [7, 11) is 0. The Morgan fingerprint density at radius 3 is 1.70 bits per heavy atom. The molecule has 3 aromatic carbocycles. The van der Waals surface area contributed by atoms with Gasteiger partial charge in [-0.05, 0) is 42.2 Å². The quantitative estimate of drug-likeness (QED) is 0.131. The molecule has 0 fully saturated rings. The molecule has 0 aromatic heterocycles. The molecule has 37 heavy (non-hydrogen) atoms. The van der Waals surface area contributed by atoms with Crippen LogP contribution in [-0.2, 0) is 6.42 Å². The van der Waals surface area contributed by atoms with Gasteiger partial charge in [0.1, 0.15) is 5.82 Å². The van der Waals surface area contributed by atoms with Gasteiger partial charge in [0.2, 0.25) is 5.82 Å². The summed E-state index contributed by atoms with van der Waals surface area (Å²) in [5, 5.41) is 0. The fourth-order valence-corrected chi connectivity index (χ4v) is 4.81. The molecule has 0 amide bonds. The third kappa shape index (κ3) is 5.78. The maximum absolute atomic E-state index is 15.6. The van der Waals surface area contributed by atoms with Crippen molar-refractivity contribution >= 4 is 0 Å². The van der Waals surface area contributed by atoms with Crippen LogP contribution in [0, 0.1) is 23.3 Å². The molecule has 0 atom stereocenters. The van der Waals surface area contributed by atoms with E-state index in [-0.39, 0.29) is 34.6 Å². The molecule has 3 aromatic rings. The van der Waals surface area contributed by atoms with E-state index in [1.807, 2.05) is 6.92 Å². The molecule has 0 aliphatic heterocycles. The van der Waals surface area contributed by atoms with Crippen LogP contribution in [0.1, 0.15) is 76.3 Å². The Morgan fingerprint density at radius 2 is 1.00 bits per heavy atom. The van der Waals surface area contributed by atoms with Crippen LogP contribution in [0.5, 0.6) is 11.5 Å². The highest BCUT2D eigenvalue weighted by Gasteiger charge is 2.29. The molecule has 0 radical (unpaired) electrons. The number of unbranched alkanes of at least 4 members (excludes halogenated alkanes) is 6. The first-order chi connectivity index (χ1) is 18.0. The van der Waals surface area contributed by atoms with Crippen LogP contribution >= 0.6 is 0 Å². The van der Waals surface area contributed by atoms with Crippen LogP contribution in [0.3, 0.4) is 0 Å². The van der Waals surface area contributed by atoms with Crippen molar-refractivity contribution < 1.29 is 27.0 Å².